The van der Waals surface area contributed by atoms with E-state index in [2.05, 4.69) is 5.32 Å². The summed E-state index contributed by atoms with van der Waals surface area (Å²) in [7, 11) is 0. The number of carbonyl (C=O) groups excluding carboxylic acids is 1. The molecule has 2 unspecified atom stereocenters. The number of rotatable bonds is 6. The zero-order chi connectivity index (χ0) is 15.2. The lowest BCUT2D eigenvalue weighted by Gasteiger charge is -2.12. The molecule has 2 rings (SSSR count). The second kappa shape index (κ2) is 7.06. The van der Waals surface area contributed by atoms with Gasteiger partial charge < -0.3 is 15.2 Å². The van der Waals surface area contributed by atoms with E-state index >= 15 is 0 Å². The molecule has 1 aliphatic carbocycles. The molecule has 0 radical (unpaired) electrons. The van der Waals surface area contributed by atoms with Crippen LogP contribution in [0.4, 0.5) is 4.39 Å². The minimum absolute atomic E-state index is 0.0654. The number of hydrogen-bond acceptors (Lipinski definition) is 3. The van der Waals surface area contributed by atoms with Crippen molar-refractivity contribution in [2.45, 2.75) is 31.7 Å². The number of aliphatic carboxylic acids is 1. The van der Waals surface area contributed by atoms with Crippen molar-refractivity contribution in [3.63, 3.8) is 0 Å². The highest BCUT2D eigenvalue weighted by molar-refractivity contribution is 5.77. The molecule has 0 spiro atoms. The van der Waals surface area contributed by atoms with Crippen LogP contribution in [-0.2, 0) is 9.59 Å². The number of amides is 1. The quantitative estimate of drug-likeness (QED) is 0.841. The molecule has 1 aliphatic rings. The van der Waals surface area contributed by atoms with Crippen LogP contribution in [0.25, 0.3) is 0 Å². The Morgan fingerprint density at radius 1 is 1.29 bits per heavy atom. The molecule has 1 amide bonds. The maximum atomic E-state index is 12.7. The van der Waals surface area contributed by atoms with Crippen molar-refractivity contribution in [3.05, 3.63) is 30.1 Å². The summed E-state index contributed by atoms with van der Waals surface area (Å²) in [5, 5.41) is 11.7. The van der Waals surface area contributed by atoms with Crippen LogP contribution in [0.3, 0.4) is 0 Å². The molecule has 0 heterocycles. The van der Waals surface area contributed by atoms with Gasteiger partial charge in [0, 0.05) is 6.04 Å². The monoisotopic (exact) mass is 295 g/mol. The number of benzene rings is 1. The number of hydrogen-bond donors (Lipinski definition) is 2. The summed E-state index contributed by atoms with van der Waals surface area (Å²) in [5.41, 5.74) is 0. The highest BCUT2D eigenvalue weighted by Gasteiger charge is 2.30. The molecule has 114 valence electrons. The van der Waals surface area contributed by atoms with Crippen molar-refractivity contribution in [1.82, 2.24) is 5.32 Å². The predicted octanol–water partition coefficient (Wildman–Crippen LogP) is 1.96. The van der Waals surface area contributed by atoms with Gasteiger partial charge in [0.1, 0.15) is 11.6 Å². The van der Waals surface area contributed by atoms with Crippen LogP contribution < -0.4 is 10.1 Å². The van der Waals surface area contributed by atoms with Crippen LogP contribution in [-0.4, -0.2) is 29.6 Å². The minimum atomic E-state index is -0.800. The lowest BCUT2D eigenvalue weighted by atomic mass is 10.1. The maximum absolute atomic E-state index is 12.7. The van der Waals surface area contributed by atoms with Gasteiger partial charge in [-0.15, -0.1) is 0 Å². The molecule has 1 aromatic rings. The number of halogens is 1. The molecule has 0 aliphatic heterocycles. The highest BCUT2D eigenvalue weighted by atomic mass is 19.1. The average Bonchev–Trinajstić information content (AvgIpc) is 2.90. The number of nitrogens with one attached hydrogen (secondary N) is 1. The van der Waals surface area contributed by atoms with Crippen molar-refractivity contribution < 1.29 is 23.8 Å². The molecule has 1 aromatic carbocycles. The van der Waals surface area contributed by atoms with E-state index in [-0.39, 0.29) is 36.7 Å². The van der Waals surface area contributed by atoms with Crippen LogP contribution in [0.15, 0.2) is 24.3 Å². The third-order valence-electron chi connectivity index (χ3n) is 3.56. The van der Waals surface area contributed by atoms with Gasteiger partial charge in [-0.05, 0) is 43.5 Å². The van der Waals surface area contributed by atoms with E-state index in [1.807, 2.05) is 0 Å². The Labute approximate surface area is 122 Å². The van der Waals surface area contributed by atoms with Gasteiger partial charge in [0.05, 0.1) is 18.9 Å². The van der Waals surface area contributed by atoms with E-state index in [0.29, 0.717) is 25.0 Å². The van der Waals surface area contributed by atoms with E-state index in [0.717, 1.165) is 0 Å². The molecule has 2 N–H and O–H groups in total. The first kappa shape index (κ1) is 15.3. The van der Waals surface area contributed by atoms with E-state index < -0.39 is 5.97 Å². The third-order valence-corrected chi connectivity index (χ3v) is 3.56. The van der Waals surface area contributed by atoms with Crippen molar-refractivity contribution in [2.75, 3.05) is 6.61 Å². The zero-order valence-electron chi connectivity index (χ0n) is 11.5. The second-order valence-corrected chi connectivity index (χ2v) is 5.17. The minimum Gasteiger partial charge on any atom is -0.493 e. The lowest BCUT2D eigenvalue weighted by Crippen LogP contribution is -2.34. The van der Waals surface area contributed by atoms with Crippen molar-refractivity contribution in [1.29, 1.82) is 0 Å². The molecular formula is C15H18FNO4. The van der Waals surface area contributed by atoms with Gasteiger partial charge in [0.2, 0.25) is 5.91 Å². The molecule has 2 atom stereocenters. The SMILES string of the molecule is O=C(CCOc1ccc(F)cc1)NC1CCC(C(=O)O)C1. The van der Waals surface area contributed by atoms with Gasteiger partial charge >= 0.3 is 5.97 Å². The molecule has 21 heavy (non-hydrogen) atoms. The Balaban J connectivity index is 1.66. The first-order chi connectivity index (χ1) is 10.0. The largest absolute Gasteiger partial charge is 0.493 e. The van der Waals surface area contributed by atoms with Gasteiger partial charge in [-0.2, -0.15) is 0 Å². The zero-order valence-corrected chi connectivity index (χ0v) is 11.5. The molecule has 0 saturated heterocycles. The summed E-state index contributed by atoms with van der Waals surface area (Å²) >= 11 is 0. The van der Waals surface area contributed by atoms with Crippen LogP contribution in [0.2, 0.25) is 0 Å². The van der Waals surface area contributed by atoms with Crippen molar-refractivity contribution in [3.8, 4) is 5.75 Å². The van der Waals surface area contributed by atoms with E-state index in [4.69, 9.17) is 9.84 Å². The van der Waals surface area contributed by atoms with E-state index in [1.165, 1.54) is 24.3 Å². The van der Waals surface area contributed by atoms with Gasteiger partial charge in [-0.25, -0.2) is 4.39 Å². The molecule has 6 heteroatoms. The fourth-order valence-corrected chi connectivity index (χ4v) is 2.43. The van der Waals surface area contributed by atoms with Crippen molar-refractivity contribution in [2.24, 2.45) is 5.92 Å². The summed E-state index contributed by atoms with van der Waals surface area (Å²) in [6.07, 6.45) is 1.97. The fourth-order valence-electron chi connectivity index (χ4n) is 2.43. The third kappa shape index (κ3) is 4.73. The second-order valence-electron chi connectivity index (χ2n) is 5.17. The Bertz CT molecular complexity index is 503. The number of ether oxygens (including phenoxy) is 1. The Hall–Kier alpha value is -2.11. The number of carboxylic acids is 1. The summed E-state index contributed by atoms with van der Waals surface area (Å²) in [5.74, 6) is -1.14. The summed E-state index contributed by atoms with van der Waals surface area (Å²) < 4.78 is 18.0. The Morgan fingerprint density at radius 3 is 2.62 bits per heavy atom. The van der Waals surface area contributed by atoms with Gasteiger partial charge in [0.25, 0.3) is 0 Å². The molecule has 5 nitrogen and oxygen atoms in total. The first-order valence-corrected chi connectivity index (χ1v) is 6.95. The summed E-state index contributed by atoms with van der Waals surface area (Å²) in [4.78, 5) is 22.5. The summed E-state index contributed by atoms with van der Waals surface area (Å²) in [6.45, 7) is 0.201. The molecule has 0 aromatic heterocycles. The van der Waals surface area contributed by atoms with Gasteiger partial charge in [0.15, 0.2) is 0 Å². The molecule has 1 fully saturated rings. The average molecular weight is 295 g/mol. The number of carboxylic acid groups (broad SMARTS) is 1. The van der Waals surface area contributed by atoms with Crippen molar-refractivity contribution >= 4 is 11.9 Å². The smallest absolute Gasteiger partial charge is 0.306 e. The van der Waals surface area contributed by atoms with E-state index in [9.17, 15) is 14.0 Å². The maximum Gasteiger partial charge on any atom is 0.306 e. The fraction of sp³-hybridized carbons (Fsp3) is 0.467. The highest BCUT2D eigenvalue weighted by Crippen LogP contribution is 2.25. The van der Waals surface area contributed by atoms with Gasteiger partial charge in [-0.1, -0.05) is 0 Å². The summed E-state index contributed by atoms with van der Waals surface area (Å²) in [6, 6.07) is 5.52. The molecule has 0 bridgehead atoms. The van der Waals surface area contributed by atoms with Crippen LogP contribution in [0.1, 0.15) is 25.7 Å². The van der Waals surface area contributed by atoms with E-state index in [1.54, 1.807) is 0 Å². The Morgan fingerprint density at radius 2 is 2.00 bits per heavy atom. The van der Waals surface area contributed by atoms with Gasteiger partial charge in [-0.3, -0.25) is 9.59 Å². The van der Waals surface area contributed by atoms with Crippen LogP contribution >= 0.6 is 0 Å². The first-order valence-electron chi connectivity index (χ1n) is 6.95. The Kier molecular flexibility index (Phi) is 5.14. The van der Waals surface area contributed by atoms with Crippen LogP contribution in [0, 0.1) is 11.7 Å². The van der Waals surface area contributed by atoms with Crippen LogP contribution in [0.5, 0.6) is 5.75 Å². The molecule has 1 saturated carbocycles. The lowest BCUT2D eigenvalue weighted by molar-refractivity contribution is -0.141. The standard InChI is InChI=1S/C15H18FNO4/c16-11-2-5-13(6-3-11)21-8-7-14(18)17-12-4-1-10(9-12)15(19)20/h2-3,5-6,10,12H,1,4,7-9H2,(H,17,18)(H,19,20). The molecular weight excluding hydrogens is 277 g/mol. The topological polar surface area (TPSA) is 75.6 Å². The normalized spacial score (nSPS) is 21.0. The predicted molar refractivity (Wildman–Crippen MR) is 73.4 cm³/mol. The number of carbonyl (C=O) groups is 2.